The van der Waals surface area contributed by atoms with E-state index in [1.54, 1.807) is 12.1 Å². The molecule has 0 saturated carbocycles. The Labute approximate surface area is 161 Å². The van der Waals surface area contributed by atoms with Crippen LogP contribution in [0.2, 0.25) is 0 Å². The summed E-state index contributed by atoms with van der Waals surface area (Å²) in [6, 6.07) is 14.3. The second-order valence-corrected chi connectivity index (χ2v) is 9.16. The molecule has 3 rings (SSSR count). The highest BCUT2D eigenvalue weighted by atomic mass is 32.2. The lowest BCUT2D eigenvalue weighted by atomic mass is 9.87. The maximum absolute atomic E-state index is 12.7. The lowest BCUT2D eigenvalue weighted by molar-refractivity contribution is 0.0932. The minimum Gasteiger partial charge on any atom is -0.345 e. The van der Waals surface area contributed by atoms with Crippen molar-refractivity contribution in [1.82, 2.24) is 10.0 Å². The molecule has 2 N–H and O–H groups in total. The van der Waals surface area contributed by atoms with Gasteiger partial charge >= 0.3 is 0 Å². The van der Waals surface area contributed by atoms with Crippen LogP contribution in [0.15, 0.2) is 53.4 Å². The number of amides is 1. The van der Waals surface area contributed by atoms with E-state index in [1.807, 2.05) is 26.0 Å². The minimum atomic E-state index is -3.62. The van der Waals surface area contributed by atoms with Crippen LogP contribution in [0.4, 0.5) is 0 Å². The monoisotopic (exact) mass is 386 g/mol. The minimum absolute atomic E-state index is 0.0400. The van der Waals surface area contributed by atoms with Crippen LogP contribution in [-0.2, 0) is 16.4 Å². The van der Waals surface area contributed by atoms with E-state index in [9.17, 15) is 13.2 Å². The largest absolute Gasteiger partial charge is 0.345 e. The van der Waals surface area contributed by atoms with Gasteiger partial charge in [0.25, 0.3) is 5.91 Å². The van der Waals surface area contributed by atoms with Crippen LogP contribution >= 0.6 is 0 Å². The van der Waals surface area contributed by atoms with Gasteiger partial charge in [0.1, 0.15) is 0 Å². The number of benzene rings is 2. The fraction of sp³-hybridized carbons (Fsp3) is 0.381. The van der Waals surface area contributed by atoms with Crippen LogP contribution in [0.5, 0.6) is 0 Å². The first kappa shape index (κ1) is 19.6. The molecule has 6 heteroatoms. The van der Waals surface area contributed by atoms with E-state index in [0.29, 0.717) is 12.1 Å². The van der Waals surface area contributed by atoms with Crippen LogP contribution in [0.1, 0.15) is 54.2 Å². The third kappa shape index (κ3) is 4.76. The Morgan fingerprint density at radius 2 is 1.93 bits per heavy atom. The number of aryl methyl sites for hydroxylation is 1. The second-order valence-electron chi connectivity index (χ2n) is 7.39. The number of carbonyl (C=O) groups excluding carboxylic acids is 1. The number of sulfonamides is 1. The molecule has 2 aromatic carbocycles. The fourth-order valence-electron chi connectivity index (χ4n) is 3.31. The average Bonchev–Trinajstić information content (AvgIpc) is 2.67. The number of nitrogens with one attached hydrogen (secondary N) is 2. The zero-order valence-corrected chi connectivity index (χ0v) is 16.6. The van der Waals surface area contributed by atoms with Gasteiger partial charge in [-0.25, -0.2) is 13.1 Å². The van der Waals surface area contributed by atoms with Gasteiger partial charge in [-0.2, -0.15) is 0 Å². The Morgan fingerprint density at radius 3 is 2.70 bits per heavy atom. The molecule has 0 aromatic heterocycles. The SMILES string of the molecule is CC(C)CNS(=O)(=O)c1cccc(C(=O)N[C@H]2CCCc3ccccc32)c1. The summed E-state index contributed by atoms with van der Waals surface area (Å²) < 4.78 is 27.4. The normalized spacial score (nSPS) is 16.8. The van der Waals surface area contributed by atoms with Gasteiger partial charge in [-0.1, -0.05) is 44.2 Å². The Hall–Kier alpha value is -2.18. The summed E-state index contributed by atoms with van der Waals surface area (Å²) in [6.07, 6.45) is 2.93. The highest BCUT2D eigenvalue weighted by molar-refractivity contribution is 7.89. The predicted octanol–water partition coefficient (Wildman–Crippen LogP) is 3.43. The predicted molar refractivity (Wildman–Crippen MR) is 106 cm³/mol. The molecular weight excluding hydrogens is 360 g/mol. The Morgan fingerprint density at radius 1 is 1.15 bits per heavy atom. The first-order valence-electron chi connectivity index (χ1n) is 9.35. The van der Waals surface area contributed by atoms with Crippen LogP contribution in [-0.4, -0.2) is 20.9 Å². The first-order valence-corrected chi connectivity index (χ1v) is 10.8. The van der Waals surface area contributed by atoms with Crippen molar-refractivity contribution in [3.8, 4) is 0 Å². The Bertz CT molecular complexity index is 923. The number of hydrogen-bond donors (Lipinski definition) is 2. The third-order valence-electron chi connectivity index (χ3n) is 4.76. The second kappa shape index (κ2) is 8.23. The van der Waals surface area contributed by atoms with Crippen molar-refractivity contribution in [2.75, 3.05) is 6.54 Å². The highest BCUT2D eigenvalue weighted by Crippen LogP contribution is 2.29. The van der Waals surface area contributed by atoms with Crippen molar-refractivity contribution in [2.45, 2.75) is 44.0 Å². The maximum atomic E-state index is 12.7. The van der Waals surface area contributed by atoms with Gasteiger partial charge in [0.15, 0.2) is 0 Å². The summed E-state index contributed by atoms with van der Waals surface area (Å²) in [7, 11) is -3.62. The van der Waals surface area contributed by atoms with Gasteiger partial charge in [-0.05, 0) is 54.5 Å². The average molecular weight is 387 g/mol. The van der Waals surface area contributed by atoms with Crippen LogP contribution in [0.25, 0.3) is 0 Å². The Balaban J connectivity index is 1.77. The molecule has 0 unspecified atom stereocenters. The Kier molecular flexibility index (Phi) is 5.97. The molecule has 0 radical (unpaired) electrons. The van der Waals surface area contributed by atoms with Crippen molar-refractivity contribution in [3.05, 3.63) is 65.2 Å². The quantitative estimate of drug-likeness (QED) is 0.799. The van der Waals surface area contributed by atoms with Crippen LogP contribution < -0.4 is 10.0 Å². The lowest BCUT2D eigenvalue weighted by Gasteiger charge is -2.26. The molecule has 0 saturated heterocycles. The molecule has 1 aliphatic carbocycles. The molecule has 1 atom stereocenters. The summed E-state index contributed by atoms with van der Waals surface area (Å²) >= 11 is 0. The molecule has 0 fully saturated rings. The number of hydrogen-bond acceptors (Lipinski definition) is 3. The highest BCUT2D eigenvalue weighted by Gasteiger charge is 2.23. The van der Waals surface area contributed by atoms with Crippen molar-refractivity contribution in [2.24, 2.45) is 5.92 Å². The third-order valence-corrected chi connectivity index (χ3v) is 6.18. The molecule has 0 bridgehead atoms. The van der Waals surface area contributed by atoms with Gasteiger partial charge in [-0.15, -0.1) is 0 Å². The van der Waals surface area contributed by atoms with E-state index in [4.69, 9.17) is 0 Å². The van der Waals surface area contributed by atoms with Crippen molar-refractivity contribution < 1.29 is 13.2 Å². The van der Waals surface area contributed by atoms with Gasteiger partial charge in [0.05, 0.1) is 10.9 Å². The molecule has 2 aromatic rings. The van der Waals surface area contributed by atoms with E-state index in [2.05, 4.69) is 22.2 Å². The number of carbonyl (C=O) groups is 1. The van der Waals surface area contributed by atoms with Crippen molar-refractivity contribution in [3.63, 3.8) is 0 Å². The summed E-state index contributed by atoms with van der Waals surface area (Å²) in [5.74, 6) is -0.0461. The van der Waals surface area contributed by atoms with Gasteiger partial charge in [0, 0.05) is 12.1 Å². The summed E-state index contributed by atoms with van der Waals surface area (Å²) in [6.45, 7) is 4.24. The van der Waals surface area contributed by atoms with E-state index < -0.39 is 10.0 Å². The van der Waals surface area contributed by atoms with E-state index >= 15 is 0 Å². The standard InChI is InChI=1S/C21H26N2O3S/c1-15(2)14-22-27(25,26)18-10-5-9-17(13-18)21(24)23-20-12-6-8-16-7-3-4-11-19(16)20/h3-5,7,9-11,13,15,20,22H,6,8,12,14H2,1-2H3,(H,23,24)/t20-/m0/s1. The topological polar surface area (TPSA) is 75.3 Å². The summed E-state index contributed by atoms with van der Waals surface area (Å²) in [4.78, 5) is 12.9. The van der Waals surface area contributed by atoms with Gasteiger partial charge < -0.3 is 5.32 Å². The van der Waals surface area contributed by atoms with Gasteiger partial charge in [-0.3, -0.25) is 4.79 Å². The molecule has 5 nitrogen and oxygen atoms in total. The summed E-state index contributed by atoms with van der Waals surface area (Å²) in [5.41, 5.74) is 2.77. The zero-order valence-electron chi connectivity index (χ0n) is 15.7. The molecule has 0 heterocycles. The van der Waals surface area contributed by atoms with Crippen LogP contribution in [0.3, 0.4) is 0 Å². The molecular formula is C21H26N2O3S. The molecule has 27 heavy (non-hydrogen) atoms. The van der Waals surface area contributed by atoms with Gasteiger partial charge in [0.2, 0.25) is 10.0 Å². The summed E-state index contributed by atoms with van der Waals surface area (Å²) in [5, 5.41) is 3.07. The van der Waals surface area contributed by atoms with Crippen molar-refractivity contribution in [1.29, 1.82) is 0 Å². The molecule has 0 aliphatic heterocycles. The van der Waals surface area contributed by atoms with E-state index in [-0.39, 0.29) is 22.8 Å². The zero-order chi connectivity index (χ0) is 19.4. The number of fused-ring (bicyclic) bond motifs is 1. The molecule has 1 amide bonds. The van der Waals surface area contributed by atoms with Crippen LogP contribution in [0, 0.1) is 5.92 Å². The molecule has 144 valence electrons. The first-order chi connectivity index (χ1) is 12.9. The fourth-order valence-corrected chi connectivity index (χ4v) is 4.57. The molecule has 0 spiro atoms. The van der Waals surface area contributed by atoms with E-state index in [1.165, 1.54) is 17.7 Å². The maximum Gasteiger partial charge on any atom is 0.251 e. The smallest absolute Gasteiger partial charge is 0.251 e. The van der Waals surface area contributed by atoms with Crippen molar-refractivity contribution >= 4 is 15.9 Å². The number of rotatable bonds is 6. The lowest BCUT2D eigenvalue weighted by Crippen LogP contribution is -2.31. The van der Waals surface area contributed by atoms with E-state index in [0.717, 1.165) is 24.8 Å². The molecule has 1 aliphatic rings.